The van der Waals surface area contributed by atoms with Gasteiger partial charge in [-0.2, -0.15) is 0 Å². The third-order valence-electron chi connectivity index (χ3n) is 2.34. The number of hydrogen-bond acceptors (Lipinski definition) is 4. The maximum atomic E-state index is 11.8. The summed E-state index contributed by atoms with van der Waals surface area (Å²) in [5.41, 5.74) is -1.28. The number of carbonyl (C=O) groups is 2. The van der Waals surface area contributed by atoms with E-state index in [2.05, 4.69) is 0 Å². The summed E-state index contributed by atoms with van der Waals surface area (Å²) in [6.45, 7) is 3.00. The molecule has 0 spiro atoms. The Bertz CT molecular complexity index is 313. The van der Waals surface area contributed by atoms with Gasteiger partial charge in [-0.05, 0) is 13.8 Å². The Morgan fingerprint density at radius 1 is 1.22 bits per heavy atom. The largest absolute Gasteiger partial charge is 0.481 e. The van der Waals surface area contributed by atoms with Crippen molar-refractivity contribution in [1.82, 2.24) is 0 Å². The van der Waals surface area contributed by atoms with Crippen LogP contribution in [0.25, 0.3) is 0 Å². The highest BCUT2D eigenvalue weighted by molar-refractivity contribution is 5.99. The number of likely N-dealkylation sites (N-methyl/N-ethyl adjacent to an activating group) is 1. The lowest BCUT2D eigenvalue weighted by atomic mass is 9.89. The minimum atomic E-state index is -1.49. The monoisotopic (exact) mass is 262 g/mol. The molecular weight excluding hydrogens is 238 g/mol. The second kappa shape index (κ2) is 5.77. The number of rotatable bonds is 7. The topological polar surface area (TPSA) is 94.8 Å². The van der Waals surface area contributed by atoms with Crippen LogP contribution in [0.4, 0.5) is 0 Å². The molecule has 0 fully saturated rings. The Kier molecular flexibility index (Phi) is 5.46. The number of carbonyl (C=O) groups excluding carboxylic acids is 1. The van der Waals surface area contributed by atoms with Gasteiger partial charge in [0.2, 0.25) is 0 Å². The number of carboxylic acid groups (broad SMARTS) is 1. The first-order valence-electron chi connectivity index (χ1n) is 5.80. The summed E-state index contributed by atoms with van der Waals surface area (Å²) < 4.78 is 0.348. The highest BCUT2D eigenvalue weighted by Gasteiger charge is 2.38. The van der Waals surface area contributed by atoms with Gasteiger partial charge in [0.15, 0.2) is 5.78 Å². The number of aliphatic carboxylic acids is 1. The zero-order valence-electron chi connectivity index (χ0n) is 11.7. The molecule has 0 aliphatic rings. The number of hydrogen-bond donors (Lipinski definition) is 3. The lowest BCUT2D eigenvalue weighted by Gasteiger charge is -2.29. The quantitative estimate of drug-likeness (QED) is 0.424. The van der Waals surface area contributed by atoms with Crippen LogP contribution >= 0.6 is 0 Å². The lowest BCUT2D eigenvalue weighted by molar-refractivity contribution is -0.873. The van der Waals surface area contributed by atoms with Gasteiger partial charge in [-0.1, -0.05) is 0 Å². The first-order chi connectivity index (χ1) is 7.83. The molecular formula is C12H24NO5+. The van der Waals surface area contributed by atoms with E-state index in [4.69, 9.17) is 5.11 Å². The Balaban J connectivity index is 4.87. The van der Waals surface area contributed by atoms with Crippen LogP contribution in [0, 0.1) is 5.92 Å². The van der Waals surface area contributed by atoms with Crippen LogP contribution in [0.1, 0.15) is 20.3 Å². The summed E-state index contributed by atoms with van der Waals surface area (Å²) >= 11 is 0. The van der Waals surface area contributed by atoms with E-state index in [1.54, 1.807) is 21.1 Å². The number of nitrogens with zero attached hydrogens (tertiary/aromatic N) is 1. The molecule has 0 heterocycles. The SMILES string of the molecule is CC(C)(O)CC(=O)C(C(=O)O)C(O)C[N+](C)(C)C. The van der Waals surface area contributed by atoms with Crippen LogP contribution in [0.5, 0.6) is 0 Å². The molecule has 0 amide bonds. The normalized spacial score (nSPS) is 16.2. The highest BCUT2D eigenvalue weighted by Crippen LogP contribution is 2.17. The van der Waals surface area contributed by atoms with Gasteiger partial charge in [0, 0.05) is 6.42 Å². The van der Waals surface area contributed by atoms with E-state index in [0.29, 0.717) is 4.48 Å². The van der Waals surface area contributed by atoms with Gasteiger partial charge >= 0.3 is 5.97 Å². The number of ketones is 1. The second-order valence-electron chi connectivity index (χ2n) is 6.31. The van der Waals surface area contributed by atoms with Gasteiger partial charge in [-0.25, -0.2) is 0 Å². The van der Waals surface area contributed by atoms with E-state index in [9.17, 15) is 19.8 Å². The molecule has 0 saturated carbocycles. The molecule has 0 aliphatic carbocycles. The smallest absolute Gasteiger partial charge is 0.316 e. The van der Waals surface area contributed by atoms with E-state index in [1.807, 2.05) is 0 Å². The van der Waals surface area contributed by atoms with Crippen molar-refractivity contribution in [2.24, 2.45) is 5.92 Å². The van der Waals surface area contributed by atoms with Gasteiger partial charge in [-0.15, -0.1) is 0 Å². The van der Waals surface area contributed by atoms with Crippen molar-refractivity contribution in [3.05, 3.63) is 0 Å². The average Bonchev–Trinajstić information content (AvgIpc) is 1.93. The van der Waals surface area contributed by atoms with Crippen molar-refractivity contribution in [3.8, 4) is 0 Å². The minimum Gasteiger partial charge on any atom is -0.481 e. The van der Waals surface area contributed by atoms with Crippen LogP contribution in [-0.4, -0.2) is 70.9 Å². The molecule has 0 rings (SSSR count). The fourth-order valence-electron chi connectivity index (χ4n) is 1.72. The summed E-state index contributed by atoms with van der Waals surface area (Å²) in [7, 11) is 5.38. The Morgan fingerprint density at radius 3 is 1.94 bits per heavy atom. The van der Waals surface area contributed by atoms with E-state index in [0.717, 1.165) is 0 Å². The second-order valence-corrected chi connectivity index (χ2v) is 6.31. The fourth-order valence-corrected chi connectivity index (χ4v) is 1.72. The number of aliphatic hydroxyl groups excluding tert-OH is 1. The van der Waals surface area contributed by atoms with Gasteiger partial charge in [0.25, 0.3) is 0 Å². The average molecular weight is 262 g/mol. The zero-order valence-corrected chi connectivity index (χ0v) is 11.7. The Morgan fingerprint density at radius 2 is 1.67 bits per heavy atom. The summed E-state index contributed by atoms with van der Waals surface area (Å²) in [6, 6.07) is 0. The summed E-state index contributed by atoms with van der Waals surface area (Å²) in [5, 5.41) is 28.5. The van der Waals surface area contributed by atoms with Gasteiger partial charge in [0.05, 0.1) is 26.7 Å². The van der Waals surface area contributed by atoms with Crippen LogP contribution < -0.4 is 0 Å². The number of carboxylic acids is 1. The van der Waals surface area contributed by atoms with Crippen molar-refractivity contribution in [2.45, 2.75) is 32.0 Å². The highest BCUT2D eigenvalue weighted by atomic mass is 16.4. The predicted octanol–water partition coefficient (Wildman–Crippen LogP) is -0.516. The zero-order chi connectivity index (χ0) is 14.7. The molecule has 18 heavy (non-hydrogen) atoms. The van der Waals surface area contributed by atoms with Gasteiger partial charge in [-0.3, -0.25) is 9.59 Å². The fraction of sp³-hybridized carbons (Fsp3) is 0.833. The molecule has 0 aliphatic heterocycles. The van der Waals surface area contributed by atoms with Crippen molar-refractivity contribution in [3.63, 3.8) is 0 Å². The van der Waals surface area contributed by atoms with Gasteiger partial charge in [0.1, 0.15) is 18.6 Å². The van der Waals surface area contributed by atoms with E-state index in [-0.39, 0.29) is 13.0 Å². The molecule has 0 radical (unpaired) electrons. The Hall–Kier alpha value is -0.980. The lowest BCUT2D eigenvalue weighted by Crippen LogP contribution is -2.48. The number of aliphatic hydroxyl groups is 2. The molecule has 0 saturated heterocycles. The maximum Gasteiger partial charge on any atom is 0.316 e. The van der Waals surface area contributed by atoms with E-state index < -0.39 is 29.4 Å². The number of quaternary nitrogens is 1. The van der Waals surface area contributed by atoms with Crippen LogP contribution in [-0.2, 0) is 9.59 Å². The summed E-state index contributed by atoms with van der Waals surface area (Å²) in [5.74, 6) is -3.50. The first-order valence-corrected chi connectivity index (χ1v) is 5.80. The predicted molar refractivity (Wildman–Crippen MR) is 66.0 cm³/mol. The molecule has 0 aromatic rings. The molecule has 0 aromatic heterocycles. The summed E-state index contributed by atoms with van der Waals surface area (Å²) in [6.07, 6.45) is -1.56. The first kappa shape index (κ1) is 17.0. The van der Waals surface area contributed by atoms with Crippen molar-refractivity contribution in [2.75, 3.05) is 27.7 Å². The van der Waals surface area contributed by atoms with Gasteiger partial charge < -0.3 is 19.8 Å². The number of Topliss-reactive ketones (excluding diaryl/α,β-unsaturated/α-hetero) is 1. The molecule has 2 atom stereocenters. The molecule has 2 unspecified atom stereocenters. The van der Waals surface area contributed by atoms with Crippen molar-refractivity contribution < 1.29 is 29.4 Å². The molecule has 0 bridgehead atoms. The third-order valence-corrected chi connectivity index (χ3v) is 2.34. The van der Waals surface area contributed by atoms with Crippen molar-refractivity contribution >= 4 is 11.8 Å². The van der Waals surface area contributed by atoms with Crippen LogP contribution in [0.2, 0.25) is 0 Å². The minimum absolute atomic E-state index is 0.147. The molecule has 0 aromatic carbocycles. The van der Waals surface area contributed by atoms with E-state index >= 15 is 0 Å². The standard InChI is InChI=1S/C12H23NO5/c1-12(2,18)6-8(14)10(11(16)17)9(15)7-13(3,4)5/h9-10,15,18H,6-7H2,1-5H3/p+1. The maximum absolute atomic E-state index is 11.8. The molecule has 6 nitrogen and oxygen atoms in total. The molecule has 6 heteroatoms. The molecule has 3 N–H and O–H groups in total. The van der Waals surface area contributed by atoms with Crippen LogP contribution in [0.15, 0.2) is 0 Å². The Labute approximate surface area is 107 Å². The van der Waals surface area contributed by atoms with E-state index in [1.165, 1.54) is 13.8 Å². The van der Waals surface area contributed by atoms with Crippen molar-refractivity contribution in [1.29, 1.82) is 0 Å². The third kappa shape index (κ3) is 6.68. The molecule has 106 valence electrons. The van der Waals surface area contributed by atoms with Crippen LogP contribution in [0.3, 0.4) is 0 Å². The summed E-state index contributed by atoms with van der Waals surface area (Å²) in [4.78, 5) is 22.9.